The molecule has 1 heterocycles. The van der Waals surface area contributed by atoms with Gasteiger partial charge >= 0.3 is 0 Å². The molecule has 1 N–H and O–H groups in total. The number of rotatable bonds is 6. The number of nitrogens with zero attached hydrogens (tertiary/aromatic N) is 5. The van der Waals surface area contributed by atoms with Crippen LogP contribution in [0.4, 0.5) is 11.4 Å². The molecule has 0 aliphatic heterocycles. The van der Waals surface area contributed by atoms with Crippen molar-refractivity contribution in [3.63, 3.8) is 0 Å². The Balaban J connectivity index is 1.72. The molecule has 0 aliphatic rings. The first kappa shape index (κ1) is 19.5. The van der Waals surface area contributed by atoms with Crippen molar-refractivity contribution in [3.8, 4) is 5.69 Å². The third kappa shape index (κ3) is 4.17. The number of aromatic nitrogens is 4. The van der Waals surface area contributed by atoms with Crippen molar-refractivity contribution in [2.75, 3.05) is 5.32 Å². The quantitative estimate of drug-likeness (QED) is 0.385. The van der Waals surface area contributed by atoms with E-state index < -0.39 is 10.2 Å². The number of nitro groups is 1. The molecule has 0 spiro atoms. The van der Waals surface area contributed by atoms with Crippen molar-refractivity contribution in [2.24, 2.45) is 0 Å². The van der Waals surface area contributed by atoms with Crippen molar-refractivity contribution in [2.45, 2.75) is 31.2 Å². The Morgan fingerprint density at radius 2 is 1.93 bits per heavy atom. The van der Waals surface area contributed by atoms with Gasteiger partial charge in [-0.05, 0) is 60.5 Å². The molecule has 1 atom stereocenters. The van der Waals surface area contributed by atoms with E-state index in [4.69, 9.17) is 0 Å². The molecule has 0 saturated carbocycles. The second-order valence-electron chi connectivity index (χ2n) is 6.15. The number of benzene rings is 2. The fourth-order valence-electron chi connectivity index (χ4n) is 2.49. The summed E-state index contributed by atoms with van der Waals surface area (Å²) in [7, 11) is 0. The zero-order valence-corrected chi connectivity index (χ0v) is 16.3. The van der Waals surface area contributed by atoms with E-state index >= 15 is 0 Å². The molecule has 9 nitrogen and oxygen atoms in total. The summed E-state index contributed by atoms with van der Waals surface area (Å²) < 4.78 is 1.61. The van der Waals surface area contributed by atoms with Crippen molar-refractivity contribution in [1.82, 2.24) is 20.2 Å². The monoisotopic (exact) mass is 398 g/mol. The summed E-state index contributed by atoms with van der Waals surface area (Å²) in [5.41, 5.74) is 3.48. The molecule has 0 saturated heterocycles. The number of amides is 1. The predicted molar refractivity (Wildman–Crippen MR) is 106 cm³/mol. The minimum absolute atomic E-state index is 0.0341. The van der Waals surface area contributed by atoms with Gasteiger partial charge in [-0.1, -0.05) is 23.9 Å². The van der Waals surface area contributed by atoms with E-state index in [9.17, 15) is 14.9 Å². The van der Waals surface area contributed by atoms with Crippen LogP contribution in [0.3, 0.4) is 0 Å². The Hall–Kier alpha value is -3.27. The second kappa shape index (κ2) is 8.17. The number of aryl methyl sites for hydroxylation is 1. The summed E-state index contributed by atoms with van der Waals surface area (Å²) in [6, 6.07) is 11.5. The standard InChI is InChI=1S/C18H18N6O3S/c1-11-5-4-6-16(12(11)2)23-18(20-21-22-23)28-13(3)17(25)19-14-7-9-15(10-8-14)24(26)27/h4-10,13H,1-3H3,(H,19,25). The highest BCUT2D eigenvalue weighted by molar-refractivity contribution is 8.00. The lowest BCUT2D eigenvalue weighted by molar-refractivity contribution is -0.384. The third-order valence-corrected chi connectivity index (χ3v) is 5.28. The van der Waals surface area contributed by atoms with Gasteiger partial charge in [-0.25, -0.2) is 0 Å². The highest BCUT2D eigenvalue weighted by atomic mass is 32.2. The zero-order valence-electron chi connectivity index (χ0n) is 15.5. The Kier molecular flexibility index (Phi) is 5.69. The molecule has 0 aliphatic carbocycles. The van der Waals surface area contributed by atoms with Gasteiger partial charge < -0.3 is 5.32 Å². The number of tetrazole rings is 1. The summed E-state index contributed by atoms with van der Waals surface area (Å²) in [5.74, 6) is -0.255. The van der Waals surface area contributed by atoms with E-state index in [1.807, 2.05) is 32.0 Å². The number of non-ortho nitro benzene ring substituents is 1. The van der Waals surface area contributed by atoms with E-state index in [0.29, 0.717) is 10.8 Å². The summed E-state index contributed by atoms with van der Waals surface area (Å²) in [4.78, 5) is 22.7. The highest BCUT2D eigenvalue weighted by Gasteiger charge is 2.20. The Morgan fingerprint density at radius 3 is 2.61 bits per heavy atom. The maximum atomic E-state index is 12.5. The van der Waals surface area contributed by atoms with Gasteiger partial charge in [0, 0.05) is 17.8 Å². The van der Waals surface area contributed by atoms with Crippen LogP contribution >= 0.6 is 11.8 Å². The van der Waals surface area contributed by atoms with Crippen LogP contribution in [0.15, 0.2) is 47.6 Å². The molecule has 3 rings (SSSR count). The van der Waals surface area contributed by atoms with Crippen molar-refractivity contribution < 1.29 is 9.72 Å². The van der Waals surface area contributed by atoms with Crippen molar-refractivity contribution in [3.05, 3.63) is 63.7 Å². The van der Waals surface area contributed by atoms with Gasteiger partial charge in [0.2, 0.25) is 11.1 Å². The van der Waals surface area contributed by atoms with E-state index in [-0.39, 0.29) is 11.6 Å². The molecule has 1 amide bonds. The molecule has 10 heteroatoms. The Morgan fingerprint density at radius 1 is 1.21 bits per heavy atom. The van der Waals surface area contributed by atoms with Crippen molar-refractivity contribution >= 4 is 29.0 Å². The van der Waals surface area contributed by atoms with Crippen LogP contribution in [0.5, 0.6) is 0 Å². The number of anilines is 1. The third-order valence-electron chi connectivity index (χ3n) is 4.24. The number of thioether (sulfide) groups is 1. The van der Waals surface area contributed by atoms with Crippen LogP contribution in [0.25, 0.3) is 5.69 Å². The van der Waals surface area contributed by atoms with Crippen LogP contribution in [-0.2, 0) is 4.79 Å². The molecule has 3 aromatic rings. The van der Waals surface area contributed by atoms with Gasteiger partial charge in [-0.15, -0.1) is 5.10 Å². The normalized spacial score (nSPS) is 11.8. The maximum Gasteiger partial charge on any atom is 0.269 e. The first-order valence-electron chi connectivity index (χ1n) is 8.43. The van der Waals surface area contributed by atoms with Crippen LogP contribution in [0.2, 0.25) is 0 Å². The molecule has 0 bridgehead atoms. The number of carbonyl (C=O) groups is 1. The van der Waals surface area contributed by atoms with Crippen LogP contribution < -0.4 is 5.32 Å². The average Bonchev–Trinajstić information content (AvgIpc) is 3.12. The Bertz CT molecular complexity index is 1020. The van der Waals surface area contributed by atoms with Gasteiger partial charge in [0.25, 0.3) is 5.69 Å². The summed E-state index contributed by atoms with van der Waals surface area (Å²) >= 11 is 1.23. The number of carbonyl (C=O) groups excluding carboxylic acids is 1. The fourth-order valence-corrected chi connectivity index (χ4v) is 3.29. The first-order chi connectivity index (χ1) is 13.4. The fraction of sp³-hybridized carbons (Fsp3) is 0.222. The van der Waals surface area contributed by atoms with Gasteiger partial charge in [0.15, 0.2) is 0 Å². The van der Waals surface area contributed by atoms with Gasteiger partial charge in [-0.2, -0.15) is 4.68 Å². The van der Waals surface area contributed by atoms with Gasteiger partial charge in [-0.3, -0.25) is 14.9 Å². The number of nitrogens with one attached hydrogen (secondary N) is 1. The minimum atomic E-state index is -0.489. The summed E-state index contributed by atoms with van der Waals surface area (Å²) in [6.45, 7) is 5.75. The SMILES string of the molecule is Cc1cccc(-n2nnnc2SC(C)C(=O)Nc2ccc([N+](=O)[O-])cc2)c1C. The van der Waals surface area contributed by atoms with Gasteiger partial charge in [0.05, 0.1) is 15.9 Å². The molecule has 0 radical (unpaired) electrons. The van der Waals surface area contributed by atoms with Crippen LogP contribution in [-0.4, -0.2) is 36.3 Å². The predicted octanol–water partition coefficient (Wildman–Crippen LogP) is 3.31. The number of nitro benzene ring substituents is 1. The van der Waals surface area contributed by atoms with E-state index in [1.165, 1.54) is 36.0 Å². The topological polar surface area (TPSA) is 116 Å². The second-order valence-corrected chi connectivity index (χ2v) is 7.45. The number of hydrogen-bond acceptors (Lipinski definition) is 7. The first-order valence-corrected chi connectivity index (χ1v) is 9.31. The average molecular weight is 398 g/mol. The molecule has 1 aromatic heterocycles. The lowest BCUT2D eigenvalue weighted by Crippen LogP contribution is -2.23. The molecular weight excluding hydrogens is 380 g/mol. The Labute approximate surface area is 165 Å². The highest BCUT2D eigenvalue weighted by Crippen LogP contribution is 2.26. The minimum Gasteiger partial charge on any atom is -0.325 e. The maximum absolute atomic E-state index is 12.5. The largest absolute Gasteiger partial charge is 0.325 e. The number of hydrogen-bond donors (Lipinski definition) is 1. The molecule has 144 valence electrons. The van der Waals surface area contributed by atoms with E-state index in [0.717, 1.165) is 16.8 Å². The molecule has 0 fully saturated rings. The molecular formula is C18H18N6O3S. The smallest absolute Gasteiger partial charge is 0.269 e. The van der Waals surface area contributed by atoms with Crippen LogP contribution in [0.1, 0.15) is 18.1 Å². The lowest BCUT2D eigenvalue weighted by Gasteiger charge is -2.13. The molecule has 1 unspecified atom stereocenters. The summed E-state index contributed by atoms with van der Waals surface area (Å²) in [6.07, 6.45) is 0. The van der Waals surface area contributed by atoms with E-state index in [2.05, 4.69) is 20.8 Å². The lowest BCUT2D eigenvalue weighted by atomic mass is 10.1. The van der Waals surface area contributed by atoms with Gasteiger partial charge in [0.1, 0.15) is 0 Å². The van der Waals surface area contributed by atoms with E-state index in [1.54, 1.807) is 11.6 Å². The molecule has 28 heavy (non-hydrogen) atoms. The van der Waals surface area contributed by atoms with Crippen molar-refractivity contribution in [1.29, 1.82) is 0 Å². The zero-order chi connectivity index (χ0) is 20.3. The summed E-state index contributed by atoms with van der Waals surface area (Å²) in [5, 5.41) is 25.3. The van der Waals surface area contributed by atoms with Crippen LogP contribution in [0, 0.1) is 24.0 Å². The molecule has 2 aromatic carbocycles.